The van der Waals surface area contributed by atoms with E-state index < -0.39 is 17.8 Å². The Morgan fingerprint density at radius 3 is 2.26 bits per heavy atom. The quantitative estimate of drug-likeness (QED) is 0.260. The molecule has 1 fully saturated rings. The third-order valence-corrected chi connectivity index (χ3v) is 6.90. The van der Waals surface area contributed by atoms with Crippen molar-refractivity contribution in [3.8, 4) is 0 Å². The summed E-state index contributed by atoms with van der Waals surface area (Å²) in [7, 11) is 0. The van der Waals surface area contributed by atoms with Crippen LogP contribution in [0.15, 0.2) is 91.1 Å². The Morgan fingerprint density at radius 1 is 0.947 bits per heavy atom. The van der Waals surface area contributed by atoms with E-state index in [0.29, 0.717) is 13.0 Å². The molecule has 0 aliphatic carbocycles. The van der Waals surface area contributed by atoms with Crippen LogP contribution in [0.2, 0.25) is 0 Å². The molecule has 0 bridgehead atoms. The van der Waals surface area contributed by atoms with Crippen molar-refractivity contribution in [1.82, 2.24) is 9.47 Å². The molecule has 0 spiro atoms. The SMILES string of the molecule is C[C@@H](c1ccccc1)N(CCc1cn(C(=O)OC(C)(C)C)c2ccccc12)C(=O)C1OC1c1ccccc1. The number of amides is 1. The summed E-state index contributed by atoms with van der Waals surface area (Å²) in [6.45, 7) is 8.10. The molecule has 1 aromatic heterocycles. The van der Waals surface area contributed by atoms with Gasteiger partial charge in [-0.25, -0.2) is 4.79 Å². The molecule has 6 heteroatoms. The van der Waals surface area contributed by atoms with Crippen LogP contribution in [0, 0.1) is 0 Å². The van der Waals surface area contributed by atoms with E-state index in [2.05, 4.69) is 6.92 Å². The minimum atomic E-state index is -0.601. The van der Waals surface area contributed by atoms with Gasteiger partial charge in [0.25, 0.3) is 5.91 Å². The standard InChI is InChI=1S/C32H34N2O4/c1-22(23-13-7-5-8-14-23)33(30(35)29-28(37-29)24-15-9-6-10-16-24)20-19-25-21-34(31(36)38-32(2,3)4)27-18-12-11-17-26(25)27/h5-18,21-22,28-29H,19-20H2,1-4H3/t22-,28?,29?/m0/s1. The Labute approximate surface area is 223 Å². The monoisotopic (exact) mass is 510 g/mol. The number of carbonyl (C=O) groups is 2. The predicted molar refractivity (Wildman–Crippen MR) is 148 cm³/mol. The van der Waals surface area contributed by atoms with E-state index >= 15 is 0 Å². The summed E-state index contributed by atoms with van der Waals surface area (Å²) in [6, 6.07) is 27.6. The third kappa shape index (κ3) is 5.50. The summed E-state index contributed by atoms with van der Waals surface area (Å²) < 4.78 is 13.1. The minimum absolute atomic E-state index is 0.0221. The van der Waals surface area contributed by atoms with Gasteiger partial charge in [0, 0.05) is 18.1 Å². The number of para-hydroxylation sites is 1. The van der Waals surface area contributed by atoms with Crippen molar-refractivity contribution in [3.63, 3.8) is 0 Å². The number of hydrogen-bond donors (Lipinski definition) is 0. The zero-order chi connectivity index (χ0) is 26.9. The second-order valence-electron chi connectivity index (χ2n) is 10.8. The highest BCUT2D eigenvalue weighted by Gasteiger charge is 2.48. The lowest BCUT2D eigenvalue weighted by Crippen LogP contribution is -2.38. The maximum atomic E-state index is 13.8. The molecule has 1 saturated heterocycles. The number of carbonyl (C=O) groups excluding carboxylic acids is 2. The van der Waals surface area contributed by atoms with Gasteiger partial charge in [-0.2, -0.15) is 0 Å². The Morgan fingerprint density at radius 2 is 1.58 bits per heavy atom. The summed E-state index contributed by atoms with van der Waals surface area (Å²) in [5.41, 5.74) is 3.25. The van der Waals surface area contributed by atoms with Gasteiger partial charge in [0.1, 0.15) is 11.7 Å². The van der Waals surface area contributed by atoms with Gasteiger partial charge in [0.05, 0.1) is 11.6 Å². The van der Waals surface area contributed by atoms with E-state index in [4.69, 9.17) is 9.47 Å². The molecule has 5 rings (SSSR count). The normalized spacial score (nSPS) is 17.7. The molecule has 1 amide bonds. The third-order valence-electron chi connectivity index (χ3n) is 6.90. The minimum Gasteiger partial charge on any atom is -0.443 e. The fraction of sp³-hybridized carbons (Fsp3) is 0.312. The van der Waals surface area contributed by atoms with Crippen molar-refractivity contribution in [1.29, 1.82) is 0 Å². The average molecular weight is 511 g/mol. The summed E-state index contributed by atoms with van der Waals surface area (Å²) >= 11 is 0. The number of epoxide rings is 1. The lowest BCUT2D eigenvalue weighted by Gasteiger charge is -2.29. The highest BCUT2D eigenvalue weighted by molar-refractivity contribution is 5.92. The van der Waals surface area contributed by atoms with Crippen LogP contribution in [-0.4, -0.2) is 39.7 Å². The molecule has 3 aromatic carbocycles. The Balaban J connectivity index is 1.41. The Bertz CT molecular complexity index is 1420. The molecule has 196 valence electrons. The predicted octanol–water partition coefficient (Wildman–Crippen LogP) is 6.70. The van der Waals surface area contributed by atoms with Crippen molar-refractivity contribution < 1.29 is 19.1 Å². The van der Waals surface area contributed by atoms with Gasteiger partial charge in [-0.3, -0.25) is 9.36 Å². The number of nitrogens with zero attached hydrogens (tertiary/aromatic N) is 2. The van der Waals surface area contributed by atoms with Gasteiger partial charge in [-0.15, -0.1) is 0 Å². The van der Waals surface area contributed by atoms with Crippen molar-refractivity contribution in [2.75, 3.05) is 6.54 Å². The van der Waals surface area contributed by atoms with Gasteiger partial charge >= 0.3 is 6.09 Å². The molecule has 1 aliphatic rings. The molecule has 2 heterocycles. The zero-order valence-corrected chi connectivity index (χ0v) is 22.3. The van der Waals surface area contributed by atoms with E-state index in [0.717, 1.165) is 27.6 Å². The maximum absolute atomic E-state index is 13.8. The number of ether oxygens (including phenoxy) is 2. The Hall–Kier alpha value is -3.90. The summed E-state index contributed by atoms with van der Waals surface area (Å²) in [4.78, 5) is 28.6. The number of fused-ring (bicyclic) bond motifs is 1. The topological polar surface area (TPSA) is 64.1 Å². The smallest absolute Gasteiger partial charge is 0.419 e. The van der Waals surface area contributed by atoms with Gasteiger partial charge in [-0.1, -0.05) is 78.9 Å². The van der Waals surface area contributed by atoms with Gasteiger partial charge < -0.3 is 14.4 Å². The van der Waals surface area contributed by atoms with E-state index in [-0.39, 0.29) is 18.1 Å². The van der Waals surface area contributed by atoms with Crippen LogP contribution in [0.4, 0.5) is 4.79 Å². The molecule has 0 radical (unpaired) electrons. The molecule has 0 saturated carbocycles. The van der Waals surface area contributed by atoms with Crippen LogP contribution < -0.4 is 0 Å². The summed E-state index contributed by atoms with van der Waals surface area (Å²) in [5, 5.41) is 0.975. The Kier molecular flexibility index (Phi) is 7.09. The van der Waals surface area contributed by atoms with E-state index in [1.54, 1.807) is 4.57 Å². The van der Waals surface area contributed by atoms with Gasteiger partial charge in [0.15, 0.2) is 6.10 Å². The van der Waals surface area contributed by atoms with E-state index in [1.165, 1.54) is 0 Å². The first-order valence-corrected chi connectivity index (χ1v) is 13.1. The molecule has 4 aromatic rings. The lowest BCUT2D eigenvalue weighted by atomic mass is 10.0. The van der Waals surface area contributed by atoms with Crippen molar-refractivity contribution in [2.45, 2.75) is 58.0 Å². The van der Waals surface area contributed by atoms with E-state index in [9.17, 15) is 9.59 Å². The average Bonchev–Trinajstić information content (AvgIpc) is 3.63. The maximum Gasteiger partial charge on any atom is 0.419 e. The summed E-state index contributed by atoms with van der Waals surface area (Å²) in [6.07, 6.45) is 1.30. The van der Waals surface area contributed by atoms with Crippen LogP contribution in [0.25, 0.3) is 10.9 Å². The number of aromatic nitrogens is 1. The van der Waals surface area contributed by atoms with Gasteiger partial charge in [0.2, 0.25) is 0 Å². The number of benzene rings is 3. The van der Waals surface area contributed by atoms with Gasteiger partial charge in [-0.05, 0) is 56.9 Å². The summed E-state index contributed by atoms with van der Waals surface area (Å²) in [5.74, 6) is -0.0221. The lowest BCUT2D eigenvalue weighted by molar-refractivity contribution is -0.134. The molecule has 6 nitrogen and oxygen atoms in total. The molecular formula is C32H34N2O4. The zero-order valence-electron chi connectivity index (χ0n) is 22.3. The number of hydrogen-bond acceptors (Lipinski definition) is 4. The molecule has 38 heavy (non-hydrogen) atoms. The second-order valence-corrected chi connectivity index (χ2v) is 10.8. The molecular weight excluding hydrogens is 476 g/mol. The first-order chi connectivity index (χ1) is 18.2. The largest absolute Gasteiger partial charge is 0.443 e. The van der Waals surface area contributed by atoms with E-state index in [1.807, 2.05) is 117 Å². The number of rotatable bonds is 7. The first kappa shape index (κ1) is 25.7. The first-order valence-electron chi connectivity index (χ1n) is 13.1. The highest BCUT2D eigenvalue weighted by Crippen LogP contribution is 2.41. The second kappa shape index (κ2) is 10.5. The highest BCUT2D eigenvalue weighted by atomic mass is 16.6. The molecule has 2 unspecified atom stereocenters. The molecule has 0 N–H and O–H groups in total. The van der Waals surface area contributed by atoms with Crippen molar-refractivity contribution in [3.05, 3.63) is 108 Å². The van der Waals surface area contributed by atoms with Crippen LogP contribution >= 0.6 is 0 Å². The van der Waals surface area contributed by atoms with Crippen LogP contribution in [0.3, 0.4) is 0 Å². The fourth-order valence-corrected chi connectivity index (χ4v) is 4.92. The molecule has 1 aliphatic heterocycles. The van der Waals surface area contributed by atoms with Crippen molar-refractivity contribution >= 4 is 22.9 Å². The molecule has 3 atom stereocenters. The van der Waals surface area contributed by atoms with Crippen molar-refractivity contribution in [2.24, 2.45) is 0 Å². The fourth-order valence-electron chi connectivity index (χ4n) is 4.92. The van der Waals surface area contributed by atoms with Crippen LogP contribution in [-0.2, 0) is 20.7 Å². The van der Waals surface area contributed by atoms with Crippen LogP contribution in [0.1, 0.15) is 56.5 Å². The van der Waals surface area contributed by atoms with Crippen LogP contribution in [0.5, 0.6) is 0 Å².